The van der Waals surface area contributed by atoms with Gasteiger partial charge in [0.2, 0.25) is 0 Å². The van der Waals surface area contributed by atoms with Gasteiger partial charge in [0, 0.05) is 17.3 Å². The molecule has 0 aliphatic rings. The lowest BCUT2D eigenvalue weighted by atomic mass is 9.97. The van der Waals surface area contributed by atoms with Crippen LogP contribution in [0.5, 0.6) is 5.75 Å². The number of aldehydes is 1. The summed E-state index contributed by atoms with van der Waals surface area (Å²) in [6.07, 6.45) is 0.475. The summed E-state index contributed by atoms with van der Waals surface area (Å²) < 4.78 is 5.50. The van der Waals surface area contributed by atoms with Gasteiger partial charge in [-0.2, -0.15) is 0 Å². The van der Waals surface area contributed by atoms with E-state index in [1.54, 1.807) is 0 Å². The number of para-hydroxylation sites is 1. The molecule has 2 aromatic rings. The predicted octanol–water partition coefficient (Wildman–Crippen LogP) is 4.33. The Labute approximate surface area is 157 Å². The average molecular weight is 370 g/mol. The molecular formula is C20H22N2O5. The maximum absolute atomic E-state index is 12.5. The van der Waals surface area contributed by atoms with E-state index in [0.717, 1.165) is 18.1 Å². The SMILES string of the molecule is CC[C@@H](C)c1ccccc1NC(=O)[C@@H](C)Oc1ccc(C=O)cc1[N+](=O)[O-]. The number of nitrogens with zero attached hydrogens (tertiary/aromatic N) is 1. The minimum atomic E-state index is -0.962. The molecule has 2 rings (SSSR count). The first-order chi connectivity index (χ1) is 12.9. The third-order valence-electron chi connectivity index (χ3n) is 4.35. The van der Waals surface area contributed by atoms with Gasteiger partial charge in [0.25, 0.3) is 5.91 Å². The number of hydrogen-bond acceptors (Lipinski definition) is 5. The molecule has 7 heteroatoms. The van der Waals surface area contributed by atoms with Gasteiger partial charge in [-0.15, -0.1) is 0 Å². The molecule has 0 unspecified atom stereocenters. The first kappa shape index (κ1) is 20.1. The second-order valence-electron chi connectivity index (χ2n) is 6.25. The highest BCUT2D eigenvalue weighted by atomic mass is 16.6. The number of ether oxygens (including phenoxy) is 1. The van der Waals surface area contributed by atoms with Gasteiger partial charge in [-0.05, 0) is 43.0 Å². The molecule has 0 spiro atoms. The number of nitrogens with one attached hydrogen (secondary N) is 1. The zero-order valence-corrected chi connectivity index (χ0v) is 15.5. The van der Waals surface area contributed by atoms with Crippen molar-refractivity contribution in [2.75, 3.05) is 5.32 Å². The van der Waals surface area contributed by atoms with Gasteiger partial charge < -0.3 is 10.1 Å². The summed E-state index contributed by atoms with van der Waals surface area (Å²) in [7, 11) is 0. The Morgan fingerprint density at radius 2 is 1.96 bits per heavy atom. The summed E-state index contributed by atoms with van der Waals surface area (Å²) in [6, 6.07) is 11.3. The van der Waals surface area contributed by atoms with E-state index in [0.29, 0.717) is 12.0 Å². The summed E-state index contributed by atoms with van der Waals surface area (Å²) in [5, 5.41) is 14.0. The lowest BCUT2D eigenvalue weighted by Crippen LogP contribution is -2.30. The van der Waals surface area contributed by atoms with Crippen molar-refractivity contribution < 1.29 is 19.2 Å². The van der Waals surface area contributed by atoms with Crippen molar-refractivity contribution in [1.82, 2.24) is 0 Å². The lowest BCUT2D eigenvalue weighted by molar-refractivity contribution is -0.386. The van der Waals surface area contributed by atoms with Crippen molar-refractivity contribution in [3.05, 3.63) is 63.7 Å². The maximum atomic E-state index is 12.5. The molecule has 0 radical (unpaired) electrons. The Kier molecular flexibility index (Phi) is 6.65. The van der Waals surface area contributed by atoms with Crippen LogP contribution >= 0.6 is 0 Å². The molecule has 27 heavy (non-hydrogen) atoms. The third kappa shape index (κ3) is 4.91. The monoisotopic (exact) mass is 370 g/mol. The van der Waals surface area contributed by atoms with Crippen LogP contribution in [0.15, 0.2) is 42.5 Å². The van der Waals surface area contributed by atoms with Crippen LogP contribution in [-0.2, 0) is 4.79 Å². The van der Waals surface area contributed by atoms with E-state index in [2.05, 4.69) is 19.2 Å². The van der Waals surface area contributed by atoms with Gasteiger partial charge >= 0.3 is 5.69 Å². The van der Waals surface area contributed by atoms with Crippen molar-refractivity contribution in [3.63, 3.8) is 0 Å². The maximum Gasteiger partial charge on any atom is 0.311 e. The zero-order valence-electron chi connectivity index (χ0n) is 15.5. The van der Waals surface area contributed by atoms with Crippen LogP contribution in [0.2, 0.25) is 0 Å². The molecule has 0 aliphatic carbocycles. The molecule has 0 bridgehead atoms. The molecule has 0 saturated heterocycles. The van der Waals surface area contributed by atoms with Crippen LogP contribution in [0.4, 0.5) is 11.4 Å². The number of nitro groups is 1. The van der Waals surface area contributed by atoms with Gasteiger partial charge in [-0.25, -0.2) is 0 Å². The Bertz CT molecular complexity index is 850. The summed E-state index contributed by atoms with van der Waals surface area (Å²) in [5.41, 5.74) is 1.51. The van der Waals surface area contributed by atoms with Gasteiger partial charge in [0.15, 0.2) is 11.9 Å². The highest BCUT2D eigenvalue weighted by Crippen LogP contribution is 2.29. The topological polar surface area (TPSA) is 98.5 Å². The molecule has 2 atom stereocenters. The number of carbonyl (C=O) groups excluding carboxylic acids is 2. The fraction of sp³-hybridized carbons (Fsp3) is 0.300. The highest BCUT2D eigenvalue weighted by molar-refractivity contribution is 5.95. The van der Waals surface area contributed by atoms with Crippen LogP contribution in [0.25, 0.3) is 0 Å². The quantitative estimate of drug-likeness (QED) is 0.424. The molecule has 0 saturated carbocycles. The number of amides is 1. The predicted molar refractivity (Wildman–Crippen MR) is 102 cm³/mol. The molecule has 0 heterocycles. The summed E-state index contributed by atoms with van der Waals surface area (Å²) in [5.74, 6) is -0.210. The van der Waals surface area contributed by atoms with Crippen molar-refractivity contribution in [2.24, 2.45) is 0 Å². The van der Waals surface area contributed by atoms with Crippen LogP contribution in [-0.4, -0.2) is 23.2 Å². The summed E-state index contributed by atoms with van der Waals surface area (Å²) >= 11 is 0. The van der Waals surface area contributed by atoms with Crippen molar-refractivity contribution in [1.29, 1.82) is 0 Å². The number of carbonyl (C=O) groups is 2. The lowest BCUT2D eigenvalue weighted by Gasteiger charge is -2.18. The minimum Gasteiger partial charge on any atom is -0.474 e. The molecule has 7 nitrogen and oxygen atoms in total. The molecule has 1 amide bonds. The molecule has 0 aliphatic heterocycles. The van der Waals surface area contributed by atoms with E-state index in [1.807, 2.05) is 24.3 Å². The van der Waals surface area contributed by atoms with E-state index in [-0.39, 0.29) is 22.9 Å². The van der Waals surface area contributed by atoms with Gasteiger partial charge in [-0.1, -0.05) is 32.0 Å². The number of benzene rings is 2. The normalized spacial score (nSPS) is 12.7. The second kappa shape index (κ2) is 8.93. The molecular weight excluding hydrogens is 348 g/mol. The fourth-order valence-corrected chi connectivity index (χ4v) is 2.59. The van der Waals surface area contributed by atoms with Gasteiger partial charge in [0.05, 0.1) is 4.92 Å². The fourth-order valence-electron chi connectivity index (χ4n) is 2.59. The second-order valence-corrected chi connectivity index (χ2v) is 6.25. The van der Waals surface area contributed by atoms with Gasteiger partial charge in [-0.3, -0.25) is 19.7 Å². The van der Waals surface area contributed by atoms with Crippen molar-refractivity contribution in [3.8, 4) is 5.75 Å². The number of hydrogen-bond donors (Lipinski definition) is 1. The van der Waals surface area contributed by atoms with Crippen LogP contribution in [0.1, 0.15) is 49.0 Å². The number of rotatable bonds is 8. The zero-order chi connectivity index (χ0) is 20.0. The highest BCUT2D eigenvalue weighted by Gasteiger charge is 2.22. The Morgan fingerprint density at radius 3 is 2.59 bits per heavy atom. The van der Waals surface area contributed by atoms with Crippen LogP contribution in [0.3, 0.4) is 0 Å². The first-order valence-electron chi connectivity index (χ1n) is 8.67. The smallest absolute Gasteiger partial charge is 0.311 e. The standard InChI is InChI=1S/C20H22N2O5/c1-4-13(2)16-7-5-6-8-17(16)21-20(24)14(3)27-19-10-9-15(12-23)11-18(19)22(25)26/h5-14H,4H2,1-3H3,(H,21,24)/t13-,14-/m1/s1. The summed E-state index contributed by atoms with van der Waals surface area (Å²) in [4.78, 5) is 33.9. The van der Waals surface area contributed by atoms with E-state index >= 15 is 0 Å². The minimum absolute atomic E-state index is 0.0662. The van der Waals surface area contributed by atoms with E-state index in [4.69, 9.17) is 4.74 Å². The Morgan fingerprint density at radius 1 is 1.26 bits per heavy atom. The molecule has 142 valence electrons. The van der Waals surface area contributed by atoms with E-state index in [1.165, 1.54) is 19.1 Å². The first-order valence-corrected chi connectivity index (χ1v) is 8.67. The molecule has 1 N–H and O–H groups in total. The molecule has 0 aromatic heterocycles. The Hall–Kier alpha value is -3.22. The van der Waals surface area contributed by atoms with Crippen molar-refractivity contribution in [2.45, 2.75) is 39.2 Å². The van der Waals surface area contributed by atoms with E-state index < -0.39 is 16.9 Å². The summed E-state index contributed by atoms with van der Waals surface area (Å²) in [6.45, 7) is 5.65. The number of nitro benzene ring substituents is 1. The van der Waals surface area contributed by atoms with Crippen molar-refractivity contribution >= 4 is 23.6 Å². The van der Waals surface area contributed by atoms with E-state index in [9.17, 15) is 19.7 Å². The average Bonchev–Trinajstić information content (AvgIpc) is 2.67. The third-order valence-corrected chi connectivity index (χ3v) is 4.35. The van der Waals surface area contributed by atoms with Crippen LogP contribution < -0.4 is 10.1 Å². The number of anilines is 1. The Balaban J connectivity index is 2.18. The largest absolute Gasteiger partial charge is 0.474 e. The van der Waals surface area contributed by atoms with Crippen LogP contribution in [0, 0.1) is 10.1 Å². The molecule has 0 fully saturated rings. The molecule has 2 aromatic carbocycles. The van der Waals surface area contributed by atoms with Gasteiger partial charge in [0.1, 0.15) is 6.29 Å².